The Kier molecular flexibility index (Phi) is 6.08. The van der Waals surface area contributed by atoms with Crippen molar-refractivity contribution in [1.29, 1.82) is 0 Å². The van der Waals surface area contributed by atoms with Crippen LogP contribution in [0.25, 0.3) is 78.1 Å². The summed E-state index contributed by atoms with van der Waals surface area (Å²) in [6, 6.07) is 48.0. The van der Waals surface area contributed by atoms with Gasteiger partial charge in [-0.05, 0) is 76.9 Å². The Hall–Kier alpha value is -5.87. The van der Waals surface area contributed by atoms with Crippen molar-refractivity contribution in [3.05, 3.63) is 152 Å². The van der Waals surface area contributed by atoms with Gasteiger partial charge in [0.25, 0.3) is 0 Å². The van der Waals surface area contributed by atoms with E-state index in [2.05, 4.69) is 83.8 Å². The van der Waals surface area contributed by atoms with E-state index in [0.717, 1.165) is 72.3 Å². The zero-order chi connectivity index (χ0) is 28.6. The number of pyridine rings is 1. The molecule has 0 aliphatic rings. The van der Waals surface area contributed by atoms with E-state index in [1.807, 2.05) is 60.7 Å². The van der Waals surface area contributed by atoms with E-state index in [-0.39, 0.29) is 0 Å². The largest absolute Gasteiger partial charge is 0.456 e. The van der Waals surface area contributed by atoms with E-state index in [0.29, 0.717) is 5.82 Å². The van der Waals surface area contributed by atoms with Crippen molar-refractivity contribution in [2.45, 2.75) is 0 Å². The molecule has 8 aromatic rings. The van der Waals surface area contributed by atoms with Crippen LogP contribution in [0.15, 0.2) is 156 Å². The van der Waals surface area contributed by atoms with E-state index in [1.54, 1.807) is 12.4 Å². The fourth-order valence-corrected chi connectivity index (χ4v) is 5.63. The number of aromatic nitrogens is 3. The van der Waals surface area contributed by atoms with Gasteiger partial charge < -0.3 is 4.42 Å². The highest BCUT2D eigenvalue weighted by Gasteiger charge is 2.14. The SMILES string of the molecule is c1ccc(-c2cc(-c3ccc4oc5ccccc5c4c3)cc(-c3cc(-c4ccncc4)nc(-c4ccccc4)n3)c2)cc1. The zero-order valence-electron chi connectivity index (χ0n) is 23.2. The molecule has 0 atom stereocenters. The molecule has 0 radical (unpaired) electrons. The van der Waals surface area contributed by atoms with Crippen LogP contribution in [0, 0.1) is 0 Å². The van der Waals surface area contributed by atoms with Crippen LogP contribution in [-0.4, -0.2) is 15.0 Å². The summed E-state index contributed by atoms with van der Waals surface area (Å²) in [5.74, 6) is 0.683. The van der Waals surface area contributed by atoms with Crippen molar-refractivity contribution in [2.75, 3.05) is 0 Å². The maximum atomic E-state index is 6.12. The number of rotatable bonds is 5. The Morgan fingerprint density at radius 1 is 0.372 bits per heavy atom. The second kappa shape index (κ2) is 10.5. The fraction of sp³-hybridized carbons (Fsp3) is 0. The molecule has 4 heteroatoms. The van der Waals surface area contributed by atoms with Gasteiger partial charge in [0.1, 0.15) is 11.2 Å². The van der Waals surface area contributed by atoms with E-state index in [1.165, 1.54) is 0 Å². The third-order valence-corrected chi connectivity index (χ3v) is 7.78. The number of furan rings is 1. The van der Waals surface area contributed by atoms with E-state index in [4.69, 9.17) is 14.4 Å². The molecule has 0 saturated heterocycles. The molecule has 4 nitrogen and oxygen atoms in total. The summed E-state index contributed by atoms with van der Waals surface area (Å²) in [5.41, 5.74) is 11.0. The summed E-state index contributed by atoms with van der Waals surface area (Å²) in [4.78, 5) is 14.3. The Bertz CT molecular complexity index is 2170. The lowest BCUT2D eigenvalue weighted by Crippen LogP contribution is -1.96. The number of benzene rings is 5. The molecule has 0 saturated carbocycles. The van der Waals surface area contributed by atoms with Gasteiger partial charge in [-0.2, -0.15) is 0 Å². The van der Waals surface area contributed by atoms with Crippen molar-refractivity contribution in [2.24, 2.45) is 0 Å². The maximum Gasteiger partial charge on any atom is 0.160 e. The highest BCUT2D eigenvalue weighted by atomic mass is 16.3. The van der Waals surface area contributed by atoms with Crippen LogP contribution in [0.4, 0.5) is 0 Å². The first-order valence-electron chi connectivity index (χ1n) is 14.3. The van der Waals surface area contributed by atoms with Gasteiger partial charge in [-0.25, -0.2) is 9.97 Å². The first-order valence-corrected chi connectivity index (χ1v) is 14.3. The summed E-state index contributed by atoms with van der Waals surface area (Å²) in [7, 11) is 0. The van der Waals surface area contributed by atoms with Crippen LogP contribution in [0.2, 0.25) is 0 Å². The maximum absolute atomic E-state index is 6.12. The van der Waals surface area contributed by atoms with Crippen LogP contribution in [0.1, 0.15) is 0 Å². The lowest BCUT2D eigenvalue weighted by molar-refractivity contribution is 0.669. The molecule has 3 aromatic heterocycles. The van der Waals surface area contributed by atoms with Gasteiger partial charge in [-0.15, -0.1) is 0 Å². The smallest absolute Gasteiger partial charge is 0.160 e. The third-order valence-electron chi connectivity index (χ3n) is 7.78. The van der Waals surface area contributed by atoms with Crippen molar-refractivity contribution in [3.63, 3.8) is 0 Å². The quantitative estimate of drug-likeness (QED) is 0.214. The van der Waals surface area contributed by atoms with Gasteiger partial charge in [0.2, 0.25) is 0 Å². The van der Waals surface area contributed by atoms with E-state index < -0.39 is 0 Å². The molecule has 3 heterocycles. The molecule has 0 spiro atoms. The standard InChI is InChI=1S/C39H25N3O/c1-3-9-26(10-4-1)30-21-31(29-15-16-38-34(24-29)33-13-7-8-14-37(33)43-38)23-32(22-30)36-25-35(27-17-19-40-20-18-27)41-39(42-36)28-11-5-2-6-12-28/h1-25H. The van der Waals surface area contributed by atoms with E-state index >= 15 is 0 Å². The number of para-hydroxylation sites is 1. The summed E-state index contributed by atoms with van der Waals surface area (Å²) < 4.78 is 6.12. The molecule has 0 amide bonds. The molecular weight excluding hydrogens is 526 g/mol. The molecule has 0 aliphatic carbocycles. The Morgan fingerprint density at radius 3 is 1.74 bits per heavy atom. The summed E-state index contributed by atoms with van der Waals surface area (Å²) in [6.45, 7) is 0. The molecule has 0 unspecified atom stereocenters. The van der Waals surface area contributed by atoms with Crippen molar-refractivity contribution in [3.8, 4) is 56.2 Å². The molecule has 0 aliphatic heterocycles. The third kappa shape index (κ3) is 4.75. The predicted octanol–water partition coefficient (Wildman–Crippen LogP) is 10.1. The Morgan fingerprint density at radius 2 is 0.977 bits per heavy atom. The normalized spacial score (nSPS) is 11.3. The number of nitrogens with zero attached hydrogens (tertiary/aromatic N) is 3. The van der Waals surface area contributed by atoms with Crippen molar-refractivity contribution < 1.29 is 4.42 Å². The van der Waals surface area contributed by atoms with Crippen LogP contribution in [-0.2, 0) is 0 Å². The van der Waals surface area contributed by atoms with Crippen LogP contribution >= 0.6 is 0 Å². The number of fused-ring (bicyclic) bond motifs is 3. The van der Waals surface area contributed by atoms with Crippen LogP contribution in [0.5, 0.6) is 0 Å². The number of hydrogen-bond acceptors (Lipinski definition) is 4. The average Bonchev–Trinajstić information content (AvgIpc) is 3.47. The molecule has 43 heavy (non-hydrogen) atoms. The van der Waals surface area contributed by atoms with Gasteiger partial charge in [0.05, 0.1) is 11.4 Å². The fourth-order valence-electron chi connectivity index (χ4n) is 5.63. The van der Waals surface area contributed by atoms with Crippen molar-refractivity contribution >= 4 is 21.9 Å². The molecule has 202 valence electrons. The molecule has 0 bridgehead atoms. The molecule has 8 rings (SSSR count). The van der Waals surface area contributed by atoms with Gasteiger partial charge >= 0.3 is 0 Å². The second-order valence-corrected chi connectivity index (χ2v) is 10.5. The topological polar surface area (TPSA) is 51.8 Å². The van der Waals surface area contributed by atoms with Gasteiger partial charge in [0, 0.05) is 39.9 Å². The summed E-state index contributed by atoms with van der Waals surface area (Å²) in [5, 5.41) is 2.22. The average molecular weight is 552 g/mol. The van der Waals surface area contributed by atoms with Gasteiger partial charge in [0.15, 0.2) is 5.82 Å². The van der Waals surface area contributed by atoms with Gasteiger partial charge in [-0.3, -0.25) is 4.98 Å². The second-order valence-electron chi connectivity index (χ2n) is 10.5. The molecule has 0 fully saturated rings. The minimum atomic E-state index is 0.683. The van der Waals surface area contributed by atoms with Crippen LogP contribution < -0.4 is 0 Å². The minimum absolute atomic E-state index is 0.683. The molecular formula is C39H25N3O. The Balaban J connectivity index is 1.35. The molecule has 0 N–H and O–H groups in total. The highest BCUT2D eigenvalue weighted by molar-refractivity contribution is 6.06. The first kappa shape index (κ1) is 24.9. The zero-order valence-corrected chi connectivity index (χ0v) is 23.2. The molecule has 5 aromatic carbocycles. The lowest BCUT2D eigenvalue weighted by atomic mass is 9.94. The Labute approximate surface area is 249 Å². The predicted molar refractivity (Wildman–Crippen MR) is 174 cm³/mol. The lowest BCUT2D eigenvalue weighted by Gasteiger charge is -2.13. The van der Waals surface area contributed by atoms with Crippen molar-refractivity contribution in [1.82, 2.24) is 15.0 Å². The van der Waals surface area contributed by atoms with Crippen LogP contribution in [0.3, 0.4) is 0 Å². The van der Waals surface area contributed by atoms with Gasteiger partial charge in [-0.1, -0.05) is 84.9 Å². The number of hydrogen-bond donors (Lipinski definition) is 0. The van der Waals surface area contributed by atoms with E-state index in [9.17, 15) is 0 Å². The monoisotopic (exact) mass is 551 g/mol. The summed E-state index contributed by atoms with van der Waals surface area (Å²) in [6.07, 6.45) is 3.59. The first-order chi connectivity index (χ1) is 21.3. The highest BCUT2D eigenvalue weighted by Crippen LogP contribution is 2.37. The minimum Gasteiger partial charge on any atom is -0.456 e. The summed E-state index contributed by atoms with van der Waals surface area (Å²) >= 11 is 0.